The number of nitrogens with zero attached hydrogens (tertiary/aromatic N) is 2. The number of hydrogen-bond acceptors (Lipinski definition) is 6. The van der Waals surface area contributed by atoms with Crippen LogP contribution in [0.5, 0.6) is 5.88 Å². The van der Waals surface area contributed by atoms with E-state index >= 15 is 0 Å². The Kier molecular flexibility index (Phi) is 9.01. The van der Waals surface area contributed by atoms with E-state index in [1.54, 1.807) is 12.5 Å². The lowest BCUT2D eigenvalue weighted by atomic mass is 10.2. The number of rotatable bonds is 13. The molecule has 0 bridgehead atoms. The van der Waals surface area contributed by atoms with Crippen LogP contribution in [0, 0.1) is 0 Å². The molecule has 0 aliphatic heterocycles. The highest BCUT2D eigenvalue weighted by Crippen LogP contribution is 2.21. The van der Waals surface area contributed by atoms with Crippen LogP contribution in [-0.4, -0.2) is 36.4 Å². The van der Waals surface area contributed by atoms with Crippen molar-refractivity contribution in [3.8, 4) is 17.3 Å². The van der Waals surface area contributed by atoms with Gasteiger partial charge in [-0.25, -0.2) is 9.97 Å². The summed E-state index contributed by atoms with van der Waals surface area (Å²) in [6.07, 6.45) is 8.13. The topological polar surface area (TPSA) is 66.6 Å². The van der Waals surface area contributed by atoms with E-state index in [2.05, 4.69) is 16.9 Å². The second-order valence-corrected chi connectivity index (χ2v) is 5.69. The average Bonchev–Trinajstić information content (AvgIpc) is 3.11. The first-order valence-corrected chi connectivity index (χ1v) is 9.02. The highest BCUT2D eigenvalue weighted by atomic mass is 16.5. The van der Waals surface area contributed by atoms with Crippen LogP contribution in [0.3, 0.4) is 0 Å². The lowest BCUT2D eigenvalue weighted by molar-refractivity contribution is 0.0956. The first-order chi connectivity index (χ1) is 12.3. The van der Waals surface area contributed by atoms with Gasteiger partial charge in [0, 0.05) is 31.0 Å². The van der Waals surface area contributed by atoms with Gasteiger partial charge in [-0.2, -0.15) is 0 Å². The number of ether oxygens (including phenoxy) is 3. The van der Waals surface area contributed by atoms with Crippen molar-refractivity contribution < 1.29 is 18.6 Å². The van der Waals surface area contributed by atoms with Gasteiger partial charge in [-0.3, -0.25) is 0 Å². The molecule has 0 fully saturated rings. The summed E-state index contributed by atoms with van der Waals surface area (Å²) < 4.78 is 22.0. The minimum atomic E-state index is 0.448. The van der Waals surface area contributed by atoms with Gasteiger partial charge in [-0.05, 0) is 19.4 Å². The molecular formula is C19H28N2O4. The fourth-order valence-electron chi connectivity index (χ4n) is 2.27. The summed E-state index contributed by atoms with van der Waals surface area (Å²) in [5, 5.41) is 0. The Balaban J connectivity index is 1.74. The van der Waals surface area contributed by atoms with Gasteiger partial charge >= 0.3 is 0 Å². The van der Waals surface area contributed by atoms with Crippen LogP contribution in [0.4, 0.5) is 0 Å². The molecule has 0 atom stereocenters. The lowest BCUT2D eigenvalue weighted by Crippen LogP contribution is -2.08. The van der Waals surface area contributed by atoms with Crippen molar-refractivity contribution >= 4 is 0 Å². The molecule has 0 saturated heterocycles. The van der Waals surface area contributed by atoms with Gasteiger partial charge < -0.3 is 18.6 Å². The number of oxazole rings is 1. The zero-order valence-electron chi connectivity index (χ0n) is 15.2. The summed E-state index contributed by atoms with van der Waals surface area (Å²) in [5.41, 5.74) is 1.60. The minimum absolute atomic E-state index is 0.448. The second kappa shape index (κ2) is 11.6. The predicted octanol–water partition coefficient (Wildman–Crippen LogP) is 4.25. The third kappa shape index (κ3) is 7.23. The summed E-state index contributed by atoms with van der Waals surface area (Å²) in [7, 11) is 0. The molecule has 0 radical (unpaired) electrons. The molecule has 2 aromatic heterocycles. The van der Waals surface area contributed by atoms with E-state index in [4.69, 9.17) is 18.6 Å². The molecule has 0 amide bonds. The highest BCUT2D eigenvalue weighted by molar-refractivity contribution is 5.54. The van der Waals surface area contributed by atoms with Crippen molar-refractivity contribution in [3.63, 3.8) is 0 Å². The Bertz CT molecular complexity index is 601. The summed E-state index contributed by atoms with van der Waals surface area (Å²) in [6.45, 7) is 7.08. The summed E-state index contributed by atoms with van der Waals surface area (Å²) >= 11 is 0. The van der Waals surface area contributed by atoms with Crippen LogP contribution in [0.15, 0.2) is 29.0 Å². The van der Waals surface area contributed by atoms with Gasteiger partial charge in [0.1, 0.15) is 18.6 Å². The Morgan fingerprint density at radius 2 is 1.96 bits per heavy atom. The predicted molar refractivity (Wildman–Crippen MR) is 95.5 cm³/mol. The van der Waals surface area contributed by atoms with Crippen LogP contribution in [0.25, 0.3) is 11.5 Å². The van der Waals surface area contributed by atoms with E-state index in [1.165, 1.54) is 19.3 Å². The van der Waals surface area contributed by atoms with E-state index in [9.17, 15) is 0 Å². The summed E-state index contributed by atoms with van der Waals surface area (Å²) in [5.74, 6) is 1.07. The monoisotopic (exact) mass is 348 g/mol. The smallest absolute Gasteiger partial charge is 0.226 e. The van der Waals surface area contributed by atoms with Crippen molar-refractivity contribution in [2.45, 2.75) is 46.1 Å². The van der Waals surface area contributed by atoms with Gasteiger partial charge in [-0.15, -0.1) is 0 Å². The minimum Gasteiger partial charge on any atom is -0.475 e. The Morgan fingerprint density at radius 1 is 1.04 bits per heavy atom. The first-order valence-electron chi connectivity index (χ1n) is 9.02. The van der Waals surface area contributed by atoms with Crippen LogP contribution in [-0.2, 0) is 16.1 Å². The maximum Gasteiger partial charge on any atom is 0.226 e. The third-order valence-corrected chi connectivity index (χ3v) is 3.61. The fraction of sp³-hybridized carbons (Fsp3) is 0.579. The van der Waals surface area contributed by atoms with Gasteiger partial charge in [0.05, 0.1) is 13.2 Å². The van der Waals surface area contributed by atoms with Crippen LogP contribution < -0.4 is 4.74 Å². The van der Waals surface area contributed by atoms with Crippen molar-refractivity contribution in [1.82, 2.24) is 9.97 Å². The van der Waals surface area contributed by atoms with Gasteiger partial charge in [0.15, 0.2) is 0 Å². The van der Waals surface area contributed by atoms with E-state index in [-0.39, 0.29) is 0 Å². The molecule has 0 N–H and O–H groups in total. The molecule has 25 heavy (non-hydrogen) atoms. The van der Waals surface area contributed by atoms with Gasteiger partial charge in [0.2, 0.25) is 11.8 Å². The maximum absolute atomic E-state index is 5.64. The summed E-state index contributed by atoms with van der Waals surface area (Å²) in [6, 6.07) is 3.66. The molecule has 0 spiro atoms. The maximum atomic E-state index is 5.64. The largest absolute Gasteiger partial charge is 0.475 e. The lowest BCUT2D eigenvalue weighted by Gasteiger charge is -2.07. The van der Waals surface area contributed by atoms with Gasteiger partial charge in [0.25, 0.3) is 0 Å². The number of unbranched alkanes of at least 4 members (excludes halogenated alkanes) is 3. The Hall–Kier alpha value is -1.92. The molecule has 138 valence electrons. The SMILES string of the molecule is CCCCCCOCCOc1cc(-c2nc(COCC)co2)ccn1. The number of aromatic nitrogens is 2. The highest BCUT2D eigenvalue weighted by Gasteiger charge is 2.08. The molecule has 0 unspecified atom stereocenters. The van der Waals surface area contributed by atoms with Crippen LogP contribution in [0.2, 0.25) is 0 Å². The molecule has 6 nitrogen and oxygen atoms in total. The van der Waals surface area contributed by atoms with Gasteiger partial charge in [-0.1, -0.05) is 26.2 Å². The van der Waals surface area contributed by atoms with Crippen LogP contribution >= 0.6 is 0 Å². The van der Waals surface area contributed by atoms with Crippen LogP contribution in [0.1, 0.15) is 45.2 Å². The molecule has 2 heterocycles. The summed E-state index contributed by atoms with van der Waals surface area (Å²) in [4.78, 5) is 8.61. The zero-order valence-corrected chi connectivity index (χ0v) is 15.2. The quantitative estimate of drug-likeness (QED) is 0.504. The van der Waals surface area contributed by atoms with E-state index in [1.807, 2.05) is 19.1 Å². The fourth-order valence-corrected chi connectivity index (χ4v) is 2.27. The molecule has 0 saturated carbocycles. The Labute approximate surface area is 149 Å². The molecule has 2 aromatic rings. The van der Waals surface area contributed by atoms with Crippen molar-refractivity contribution in [1.29, 1.82) is 0 Å². The van der Waals surface area contributed by atoms with E-state index in [0.717, 1.165) is 24.3 Å². The average molecular weight is 348 g/mol. The molecule has 0 aromatic carbocycles. The zero-order chi connectivity index (χ0) is 17.7. The van der Waals surface area contributed by atoms with Crippen molar-refractivity contribution in [2.24, 2.45) is 0 Å². The first kappa shape index (κ1) is 19.4. The van der Waals surface area contributed by atoms with Crippen molar-refractivity contribution in [3.05, 3.63) is 30.3 Å². The molecule has 6 heteroatoms. The molecule has 0 aliphatic carbocycles. The van der Waals surface area contributed by atoms with Crippen molar-refractivity contribution in [2.75, 3.05) is 26.4 Å². The Morgan fingerprint density at radius 3 is 2.80 bits per heavy atom. The van der Waals surface area contributed by atoms with E-state index < -0.39 is 0 Å². The molecular weight excluding hydrogens is 320 g/mol. The number of pyridine rings is 1. The standard InChI is InChI=1S/C19H28N2O4/c1-3-5-6-7-10-23-11-12-24-18-13-16(8-9-20-18)19-21-17(15-25-19)14-22-4-2/h8-9,13,15H,3-7,10-12,14H2,1-2H3. The number of hydrogen-bond donors (Lipinski definition) is 0. The normalized spacial score (nSPS) is 11.0. The molecule has 2 rings (SSSR count). The second-order valence-electron chi connectivity index (χ2n) is 5.69. The molecule has 0 aliphatic rings. The third-order valence-electron chi connectivity index (χ3n) is 3.61. The van der Waals surface area contributed by atoms with E-state index in [0.29, 0.717) is 38.2 Å².